The van der Waals surface area contributed by atoms with E-state index in [9.17, 15) is 27.6 Å². The Balaban J connectivity index is 1.20. The summed E-state index contributed by atoms with van der Waals surface area (Å²) in [5.74, 6) is -1.89. The van der Waals surface area contributed by atoms with Crippen LogP contribution in [0.2, 0.25) is 0 Å². The first-order valence-corrected chi connectivity index (χ1v) is 13.0. The SMILES string of the molecule is CC(C(N)=O)C1CN(c2ccc(-c3cnc(N4CCN(C(=O)c5ccc(C(F)(F)F)cc5)CC4)nc3)c(F)c2)C(=O)O1. The molecule has 42 heavy (non-hydrogen) atoms. The number of carbonyl (C=O) groups excluding carboxylic acids is 3. The molecule has 220 valence electrons. The average Bonchev–Trinajstić information content (AvgIpc) is 3.37. The number of piperazine rings is 1. The van der Waals surface area contributed by atoms with Crippen LogP contribution in [0.4, 0.5) is 34.0 Å². The van der Waals surface area contributed by atoms with E-state index in [0.29, 0.717) is 37.7 Å². The third-order valence-electron chi connectivity index (χ3n) is 7.36. The topological polar surface area (TPSA) is 122 Å². The Morgan fingerprint density at radius 1 is 1.02 bits per heavy atom. The van der Waals surface area contributed by atoms with Crippen molar-refractivity contribution in [1.82, 2.24) is 14.9 Å². The van der Waals surface area contributed by atoms with Crippen LogP contribution in [-0.2, 0) is 15.7 Å². The molecule has 0 saturated carbocycles. The summed E-state index contributed by atoms with van der Waals surface area (Å²) in [4.78, 5) is 49.8. The van der Waals surface area contributed by atoms with E-state index in [0.717, 1.165) is 12.1 Å². The lowest BCUT2D eigenvalue weighted by Crippen LogP contribution is -2.49. The maximum atomic E-state index is 15.1. The molecule has 2 aromatic carbocycles. The largest absolute Gasteiger partial charge is 0.443 e. The lowest BCUT2D eigenvalue weighted by molar-refractivity contribution is -0.137. The Morgan fingerprint density at radius 2 is 1.67 bits per heavy atom. The summed E-state index contributed by atoms with van der Waals surface area (Å²) in [5.41, 5.74) is 5.54. The van der Waals surface area contributed by atoms with E-state index >= 15 is 4.39 Å². The molecule has 5 rings (SSSR count). The first-order valence-electron chi connectivity index (χ1n) is 13.0. The summed E-state index contributed by atoms with van der Waals surface area (Å²) < 4.78 is 58.7. The Labute approximate surface area is 237 Å². The highest BCUT2D eigenvalue weighted by Gasteiger charge is 2.38. The number of alkyl halides is 3. The molecule has 14 heteroatoms. The Hall–Kier alpha value is -4.75. The minimum absolute atomic E-state index is 0.0583. The number of ether oxygens (including phenoxy) is 1. The molecule has 0 spiro atoms. The molecule has 3 aromatic rings. The summed E-state index contributed by atoms with van der Waals surface area (Å²) in [6, 6.07) is 8.35. The van der Waals surface area contributed by atoms with Gasteiger partial charge in [0.1, 0.15) is 11.9 Å². The van der Waals surface area contributed by atoms with E-state index in [1.165, 1.54) is 41.6 Å². The number of carbonyl (C=O) groups is 3. The van der Waals surface area contributed by atoms with Crippen LogP contribution in [-0.4, -0.2) is 71.6 Å². The lowest BCUT2D eigenvalue weighted by atomic mass is 10.0. The molecular weight excluding hydrogens is 560 g/mol. The van der Waals surface area contributed by atoms with E-state index in [4.69, 9.17) is 10.5 Å². The van der Waals surface area contributed by atoms with Crippen LogP contribution >= 0.6 is 0 Å². The maximum Gasteiger partial charge on any atom is 0.416 e. The molecule has 3 heterocycles. The van der Waals surface area contributed by atoms with Crippen molar-refractivity contribution in [2.24, 2.45) is 11.7 Å². The number of anilines is 2. The third-order valence-corrected chi connectivity index (χ3v) is 7.36. The highest BCUT2D eigenvalue weighted by molar-refractivity contribution is 5.94. The van der Waals surface area contributed by atoms with Crippen LogP contribution in [0.1, 0.15) is 22.8 Å². The molecule has 2 fully saturated rings. The van der Waals surface area contributed by atoms with Crippen LogP contribution in [0.15, 0.2) is 54.9 Å². The van der Waals surface area contributed by atoms with Gasteiger partial charge in [-0.15, -0.1) is 0 Å². The minimum Gasteiger partial charge on any atom is -0.443 e. The molecule has 10 nitrogen and oxygen atoms in total. The molecule has 1 aromatic heterocycles. The summed E-state index contributed by atoms with van der Waals surface area (Å²) in [5, 5.41) is 0. The number of rotatable bonds is 6. The number of cyclic esters (lactones) is 1. The number of hydrogen-bond acceptors (Lipinski definition) is 7. The fraction of sp³-hybridized carbons (Fsp3) is 0.321. The molecule has 2 atom stereocenters. The molecule has 2 aliphatic rings. The monoisotopic (exact) mass is 586 g/mol. The van der Waals surface area contributed by atoms with Crippen molar-refractivity contribution < 1.29 is 36.7 Å². The van der Waals surface area contributed by atoms with Gasteiger partial charge < -0.3 is 20.3 Å². The smallest absolute Gasteiger partial charge is 0.416 e. The zero-order chi connectivity index (χ0) is 30.2. The lowest BCUT2D eigenvalue weighted by Gasteiger charge is -2.34. The Bertz CT molecular complexity index is 1490. The summed E-state index contributed by atoms with van der Waals surface area (Å²) >= 11 is 0. The van der Waals surface area contributed by atoms with Crippen molar-refractivity contribution in [3.05, 3.63) is 71.8 Å². The number of hydrogen-bond donors (Lipinski definition) is 1. The normalized spacial score (nSPS) is 18.2. The Kier molecular flexibility index (Phi) is 7.71. The van der Waals surface area contributed by atoms with Crippen LogP contribution in [0, 0.1) is 11.7 Å². The van der Waals surface area contributed by atoms with Crippen molar-refractivity contribution >= 4 is 29.5 Å². The van der Waals surface area contributed by atoms with Gasteiger partial charge in [0.05, 0.1) is 23.7 Å². The van der Waals surface area contributed by atoms with Gasteiger partial charge in [0.25, 0.3) is 5.91 Å². The number of halogens is 4. The predicted molar refractivity (Wildman–Crippen MR) is 143 cm³/mol. The number of nitrogens with zero attached hydrogens (tertiary/aromatic N) is 5. The second kappa shape index (κ2) is 11.3. The second-order valence-electron chi connectivity index (χ2n) is 10.0. The molecule has 2 unspecified atom stereocenters. The zero-order valence-electron chi connectivity index (χ0n) is 22.3. The summed E-state index contributed by atoms with van der Waals surface area (Å²) in [7, 11) is 0. The molecule has 0 radical (unpaired) electrons. The number of amides is 3. The van der Waals surface area contributed by atoms with Crippen LogP contribution in [0.3, 0.4) is 0 Å². The van der Waals surface area contributed by atoms with Crippen LogP contribution in [0.25, 0.3) is 11.1 Å². The highest BCUT2D eigenvalue weighted by Crippen LogP contribution is 2.31. The van der Waals surface area contributed by atoms with Crippen LogP contribution in [0.5, 0.6) is 0 Å². The molecule has 2 N–H and O–H groups in total. The minimum atomic E-state index is -4.47. The number of benzene rings is 2. The fourth-order valence-corrected chi connectivity index (χ4v) is 4.76. The molecular formula is C28H26F4N6O4. The van der Waals surface area contributed by atoms with E-state index in [1.54, 1.807) is 17.9 Å². The van der Waals surface area contributed by atoms with Gasteiger partial charge in [-0.25, -0.2) is 19.2 Å². The van der Waals surface area contributed by atoms with Gasteiger partial charge in [-0.1, -0.05) is 0 Å². The third kappa shape index (κ3) is 5.83. The van der Waals surface area contributed by atoms with Crippen molar-refractivity contribution in [2.75, 3.05) is 42.5 Å². The molecule has 2 saturated heterocycles. The van der Waals surface area contributed by atoms with Crippen molar-refractivity contribution in [1.29, 1.82) is 0 Å². The van der Waals surface area contributed by atoms with E-state index < -0.39 is 41.6 Å². The van der Waals surface area contributed by atoms with Gasteiger partial charge in [-0.3, -0.25) is 14.5 Å². The van der Waals surface area contributed by atoms with Gasteiger partial charge in [-0.2, -0.15) is 13.2 Å². The number of nitrogens with two attached hydrogens (primary N) is 1. The summed E-state index contributed by atoms with van der Waals surface area (Å²) in [6.45, 7) is 3.05. The highest BCUT2D eigenvalue weighted by atomic mass is 19.4. The van der Waals surface area contributed by atoms with Gasteiger partial charge in [-0.05, 0) is 49.4 Å². The maximum absolute atomic E-state index is 15.1. The van der Waals surface area contributed by atoms with Gasteiger partial charge >= 0.3 is 12.3 Å². The molecule has 0 aliphatic carbocycles. The molecule has 0 bridgehead atoms. The number of primary amides is 1. The summed E-state index contributed by atoms with van der Waals surface area (Å²) in [6.07, 6.45) is -2.97. The predicted octanol–water partition coefficient (Wildman–Crippen LogP) is 3.71. The first-order chi connectivity index (χ1) is 19.9. The quantitative estimate of drug-likeness (QED) is 0.437. The first kappa shape index (κ1) is 28.8. The van der Waals surface area contributed by atoms with Gasteiger partial charge in [0, 0.05) is 55.3 Å². The molecule has 3 amide bonds. The fourth-order valence-electron chi connectivity index (χ4n) is 4.76. The van der Waals surface area contributed by atoms with Gasteiger partial charge in [0.2, 0.25) is 11.9 Å². The van der Waals surface area contributed by atoms with E-state index in [2.05, 4.69) is 9.97 Å². The van der Waals surface area contributed by atoms with Crippen molar-refractivity contribution in [3.8, 4) is 11.1 Å². The number of aromatic nitrogens is 2. The average molecular weight is 587 g/mol. The van der Waals surface area contributed by atoms with E-state index in [-0.39, 0.29) is 29.3 Å². The standard InChI is InChI=1S/C28H26F4N6O4/c1-16(24(33)39)23-15-38(27(41)42-23)20-6-7-21(22(29)12-20)18-13-34-26(35-14-18)37-10-8-36(9-11-37)25(40)17-2-4-19(5-3-17)28(30,31)32/h2-7,12-14,16,23H,8-11,15H2,1H3,(H2,33,39). The van der Waals surface area contributed by atoms with Gasteiger partial charge in [0.15, 0.2) is 0 Å². The van der Waals surface area contributed by atoms with E-state index in [1.807, 2.05) is 4.90 Å². The zero-order valence-corrected chi connectivity index (χ0v) is 22.3. The molecule has 2 aliphatic heterocycles. The van der Waals surface area contributed by atoms with Crippen LogP contribution < -0.4 is 15.5 Å². The van der Waals surface area contributed by atoms with Crippen molar-refractivity contribution in [3.63, 3.8) is 0 Å². The second-order valence-corrected chi connectivity index (χ2v) is 10.0. The Morgan fingerprint density at radius 3 is 2.24 bits per heavy atom. The van der Waals surface area contributed by atoms with Crippen molar-refractivity contribution in [2.45, 2.75) is 19.2 Å².